The topological polar surface area (TPSA) is 51.8 Å². The van der Waals surface area contributed by atoms with Crippen molar-refractivity contribution in [2.75, 3.05) is 0 Å². The Hall–Kier alpha value is -1.68. The molecule has 0 saturated carbocycles. The van der Waals surface area contributed by atoms with E-state index in [9.17, 15) is 13.2 Å². The van der Waals surface area contributed by atoms with Gasteiger partial charge in [0.2, 0.25) is 5.89 Å². The molecule has 23 heavy (non-hydrogen) atoms. The highest BCUT2D eigenvalue weighted by Gasteiger charge is 2.32. The first-order valence-corrected chi connectivity index (χ1v) is 7.63. The predicted octanol–water partition coefficient (Wildman–Crippen LogP) is 5.08. The summed E-state index contributed by atoms with van der Waals surface area (Å²) in [5.41, 5.74) is -0.244. The molecule has 0 unspecified atom stereocenters. The Labute approximate surface area is 146 Å². The average molecular weight is 452 g/mol. The van der Waals surface area contributed by atoms with Crippen molar-refractivity contribution in [3.8, 4) is 23.0 Å². The maximum atomic E-state index is 12.6. The third kappa shape index (κ3) is 3.47. The third-order valence-corrected chi connectivity index (χ3v) is 3.83. The first kappa shape index (κ1) is 16.2. The molecular formula is C14H6ClF3IN3O. The molecule has 0 aliphatic rings. The Kier molecular flexibility index (Phi) is 4.28. The number of alkyl halides is 3. The van der Waals surface area contributed by atoms with E-state index in [0.29, 0.717) is 11.8 Å². The highest BCUT2D eigenvalue weighted by atomic mass is 127. The van der Waals surface area contributed by atoms with Gasteiger partial charge in [0.05, 0.1) is 10.6 Å². The lowest BCUT2D eigenvalue weighted by Crippen LogP contribution is -2.05. The fourth-order valence-corrected chi connectivity index (χ4v) is 2.60. The summed E-state index contributed by atoms with van der Waals surface area (Å²) in [6.07, 6.45) is -3.84. The molecule has 0 saturated heterocycles. The molecule has 0 aliphatic heterocycles. The fourth-order valence-electron chi connectivity index (χ4n) is 1.81. The largest absolute Gasteiger partial charge is 0.417 e. The number of rotatable bonds is 2. The van der Waals surface area contributed by atoms with E-state index in [1.165, 1.54) is 0 Å². The van der Waals surface area contributed by atoms with Crippen LogP contribution in [-0.4, -0.2) is 15.2 Å². The second-order valence-electron chi connectivity index (χ2n) is 4.47. The Morgan fingerprint density at radius 3 is 2.48 bits per heavy atom. The molecule has 0 fully saturated rings. The summed E-state index contributed by atoms with van der Waals surface area (Å²) in [5, 5.41) is 7.46. The highest BCUT2D eigenvalue weighted by Crippen LogP contribution is 2.34. The average Bonchev–Trinajstić information content (AvgIpc) is 2.96. The van der Waals surface area contributed by atoms with E-state index in [1.807, 2.05) is 18.2 Å². The van der Waals surface area contributed by atoms with E-state index in [1.54, 1.807) is 6.07 Å². The molecule has 0 bridgehead atoms. The van der Waals surface area contributed by atoms with Crippen molar-refractivity contribution >= 4 is 34.2 Å². The van der Waals surface area contributed by atoms with E-state index < -0.39 is 11.7 Å². The van der Waals surface area contributed by atoms with Crippen LogP contribution in [0.1, 0.15) is 5.56 Å². The van der Waals surface area contributed by atoms with Gasteiger partial charge in [0.25, 0.3) is 5.89 Å². The molecule has 4 nitrogen and oxygen atoms in total. The Bertz CT molecular complexity index is 866. The number of hydrogen-bond donors (Lipinski definition) is 0. The quantitative estimate of drug-likeness (QED) is 0.510. The number of aromatic nitrogens is 3. The van der Waals surface area contributed by atoms with E-state index in [4.69, 9.17) is 16.0 Å². The number of nitrogens with zero attached hydrogens (tertiary/aromatic N) is 3. The molecule has 3 rings (SSSR count). The number of benzene rings is 1. The second kappa shape index (κ2) is 6.08. The SMILES string of the molecule is FC(F)(F)c1cnc(-c2nnc(-c3cccc(I)c3)o2)c(Cl)c1. The molecule has 9 heteroatoms. The maximum Gasteiger partial charge on any atom is 0.417 e. The van der Waals surface area contributed by atoms with Gasteiger partial charge in [-0.25, -0.2) is 4.98 Å². The van der Waals surface area contributed by atoms with Gasteiger partial charge in [-0.1, -0.05) is 17.7 Å². The van der Waals surface area contributed by atoms with Crippen molar-refractivity contribution < 1.29 is 17.6 Å². The Morgan fingerprint density at radius 1 is 1.09 bits per heavy atom. The van der Waals surface area contributed by atoms with E-state index in [2.05, 4.69) is 37.8 Å². The summed E-state index contributed by atoms with van der Waals surface area (Å²) >= 11 is 8.00. The Morgan fingerprint density at radius 2 is 1.83 bits per heavy atom. The summed E-state index contributed by atoms with van der Waals surface area (Å²) in [5.74, 6) is 0.189. The van der Waals surface area contributed by atoms with Gasteiger partial charge in [-0.2, -0.15) is 13.2 Å². The zero-order valence-corrected chi connectivity index (χ0v) is 14.0. The van der Waals surface area contributed by atoms with Crippen molar-refractivity contribution in [1.29, 1.82) is 0 Å². The normalized spacial score (nSPS) is 11.7. The fraction of sp³-hybridized carbons (Fsp3) is 0.0714. The number of hydrogen-bond acceptors (Lipinski definition) is 4. The summed E-state index contributed by atoms with van der Waals surface area (Å²) < 4.78 is 44.3. The van der Waals surface area contributed by atoms with Crippen LogP contribution < -0.4 is 0 Å². The van der Waals surface area contributed by atoms with E-state index in [0.717, 1.165) is 9.64 Å². The lowest BCUT2D eigenvalue weighted by molar-refractivity contribution is -0.137. The minimum absolute atomic E-state index is 0.00375. The van der Waals surface area contributed by atoms with Gasteiger partial charge in [-0.05, 0) is 46.9 Å². The van der Waals surface area contributed by atoms with Crippen LogP contribution in [-0.2, 0) is 6.18 Å². The number of halogens is 5. The molecule has 2 heterocycles. The zero-order chi connectivity index (χ0) is 16.6. The maximum absolute atomic E-state index is 12.6. The predicted molar refractivity (Wildman–Crippen MR) is 85.7 cm³/mol. The molecule has 1 aromatic carbocycles. The lowest BCUT2D eigenvalue weighted by Gasteiger charge is -2.07. The first-order chi connectivity index (χ1) is 10.8. The van der Waals surface area contributed by atoms with E-state index in [-0.39, 0.29) is 22.5 Å². The monoisotopic (exact) mass is 451 g/mol. The van der Waals surface area contributed by atoms with Crippen molar-refractivity contribution in [3.63, 3.8) is 0 Å². The molecule has 0 amide bonds. The van der Waals surface area contributed by atoms with Crippen LogP contribution in [0.5, 0.6) is 0 Å². The Balaban J connectivity index is 1.98. The van der Waals surface area contributed by atoms with Crippen LogP contribution in [0.15, 0.2) is 40.9 Å². The van der Waals surface area contributed by atoms with Gasteiger partial charge in [-0.3, -0.25) is 0 Å². The van der Waals surface area contributed by atoms with Gasteiger partial charge in [-0.15, -0.1) is 10.2 Å². The van der Waals surface area contributed by atoms with E-state index >= 15 is 0 Å². The molecule has 2 aromatic heterocycles. The van der Waals surface area contributed by atoms with Crippen LogP contribution in [0.3, 0.4) is 0 Å². The minimum Gasteiger partial charge on any atom is -0.415 e. The second-order valence-corrected chi connectivity index (χ2v) is 6.13. The molecule has 0 atom stereocenters. The van der Waals surface area contributed by atoms with Crippen molar-refractivity contribution in [2.45, 2.75) is 6.18 Å². The lowest BCUT2D eigenvalue weighted by atomic mass is 10.2. The van der Waals surface area contributed by atoms with Crippen LogP contribution in [0.2, 0.25) is 5.02 Å². The third-order valence-electron chi connectivity index (χ3n) is 2.87. The minimum atomic E-state index is -4.52. The molecule has 0 aliphatic carbocycles. The molecule has 118 valence electrons. The van der Waals surface area contributed by atoms with Gasteiger partial charge >= 0.3 is 6.18 Å². The summed E-state index contributed by atoms with van der Waals surface area (Å²) in [7, 11) is 0. The van der Waals surface area contributed by atoms with Gasteiger partial charge in [0.15, 0.2) is 0 Å². The molecule has 0 spiro atoms. The molecule has 0 N–H and O–H groups in total. The van der Waals surface area contributed by atoms with Gasteiger partial charge < -0.3 is 4.42 Å². The molecule has 0 radical (unpaired) electrons. The van der Waals surface area contributed by atoms with Crippen molar-refractivity contribution in [1.82, 2.24) is 15.2 Å². The summed E-state index contributed by atoms with van der Waals surface area (Å²) in [4.78, 5) is 3.69. The molecule has 3 aromatic rings. The van der Waals surface area contributed by atoms with Crippen molar-refractivity contribution in [2.24, 2.45) is 0 Å². The molecular weight excluding hydrogens is 446 g/mol. The van der Waals surface area contributed by atoms with Gasteiger partial charge in [0.1, 0.15) is 5.69 Å². The van der Waals surface area contributed by atoms with Crippen LogP contribution >= 0.6 is 34.2 Å². The first-order valence-electron chi connectivity index (χ1n) is 6.17. The zero-order valence-electron chi connectivity index (χ0n) is 11.1. The standard InChI is InChI=1S/C14H6ClF3IN3O/c15-10-5-8(14(16,17)18)6-20-11(10)13-22-21-12(23-13)7-2-1-3-9(19)4-7/h1-6H. The smallest absolute Gasteiger partial charge is 0.415 e. The van der Waals surface area contributed by atoms with Crippen LogP contribution in [0.4, 0.5) is 13.2 Å². The van der Waals surface area contributed by atoms with Crippen molar-refractivity contribution in [3.05, 3.63) is 50.7 Å². The summed E-state index contributed by atoms with van der Waals surface area (Å²) in [6, 6.07) is 8.11. The summed E-state index contributed by atoms with van der Waals surface area (Å²) in [6.45, 7) is 0. The highest BCUT2D eigenvalue weighted by molar-refractivity contribution is 14.1. The number of pyridine rings is 1. The van der Waals surface area contributed by atoms with Crippen LogP contribution in [0, 0.1) is 3.57 Å². The van der Waals surface area contributed by atoms with Gasteiger partial charge in [0, 0.05) is 15.3 Å². The van der Waals surface area contributed by atoms with Crippen LogP contribution in [0.25, 0.3) is 23.0 Å².